The van der Waals surface area contributed by atoms with Crippen LogP contribution in [0.3, 0.4) is 0 Å². The fourth-order valence-electron chi connectivity index (χ4n) is 4.15. The van der Waals surface area contributed by atoms with Gasteiger partial charge in [0.25, 0.3) is 5.91 Å². The lowest BCUT2D eigenvalue weighted by molar-refractivity contribution is 0.00284. The molecule has 0 unspecified atom stereocenters. The van der Waals surface area contributed by atoms with E-state index in [1.807, 2.05) is 13.8 Å². The molecule has 168 valence electrons. The summed E-state index contributed by atoms with van der Waals surface area (Å²) in [5, 5.41) is 19.9. The number of pyridine rings is 1. The molecular formula is C22H23FN4O4S. The van der Waals surface area contributed by atoms with E-state index in [0.29, 0.717) is 36.1 Å². The van der Waals surface area contributed by atoms with Gasteiger partial charge in [-0.2, -0.15) is 0 Å². The van der Waals surface area contributed by atoms with Crippen molar-refractivity contribution in [3.05, 3.63) is 62.8 Å². The summed E-state index contributed by atoms with van der Waals surface area (Å²) < 4.78 is 20.1. The Morgan fingerprint density at radius 2 is 1.97 bits per heavy atom. The van der Waals surface area contributed by atoms with Gasteiger partial charge >= 0.3 is 0 Å². The zero-order valence-corrected chi connectivity index (χ0v) is 18.8. The summed E-state index contributed by atoms with van der Waals surface area (Å²) in [6.45, 7) is 4.81. The van der Waals surface area contributed by atoms with Gasteiger partial charge in [0.15, 0.2) is 16.5 Å². The van der Waals surface area contributed by atoms with Gasteiger partial charge in [0, 0.05) is 32.8 Å². The smallest absolute Gasteiger partial charge is 0.275 e. The van der Waals surface area contributed by atoms with Gasteiger partial charge in [-0.3, -0.25) is 9.59 Å². The van der Waals surface area contributed by atoms with Gasteiger partial charge in [0.05, 0.1) is 17.7 Å². The van der Waals surface area contributed by atoms with Gasteiger partial charge in [0.1, 0.15) is 10.8 Å². The molecule has 0 spiro atoms. The van der Waals surface area contributed by atoms with Crippen LogP contribution in [0.25, 0.3) is 10.6 Å². The Balaban J connectivity index is 1.73. The second-order valence-corrected chi connectivity index (χ2v) is 9.04. The molecule has 4 rings (SSSR count). The molecule has 0 saturated heterocycles. The number of halogens is 1. The van der Waals surface area contributed by atoms with Gasteiger partial charge in [0.2, 0.25) is 5.43 Å². The van der Waals surface area contributed by atoms with Gasteiger partial charge in [-0.1, -0.05) is 23.5 Å². The molecule has 1 atom stereocenters. The summed E-state index contributed by atoms with van der Waals surface area (Å²) in [5.74, 6) is -1.34. The minimum absolute atomic E-state index is 0.0368. The highest BCUT2D eigenvalue weighted by atomic mass is 32.1. The number of carbonyl (C=O) groups excluding carboxylic acids is 1. The molecule has 2 aromatic heterocycles. The number of nitrogens with zero attached hydrogens (tertiary/aromatic N) is 4. The van der Waals surface area contributed by atoms with Crippen LogP contribution in [0.15, 0.2) is 35.3 Å². The molecule has 1 aromatic carbocycles. The van der Waals surface area contributed by atoms with Crippen molar-refractivity contribution in [3.8, 4) is 16.3 Å². The van der Waals surface area contributed by atoms with E-state index in [1.165, 1.54) is 23.5 Å². The zero-order valence-electron chi connectivity index (χ0n) is 18.0. The Kier molecular flexibility index (Phi) is 5.83. The van der Waals surface area contributed by atoms with Crippen LogP contribution in [0.4, 0.5) is 4.39 Å². The lowest BCUT2D eigenvalue weighted by atomic mass is 9.96. The molecule has 0 aliphatic carbocycles. The normalized spacial score (nSPS) is 18.1. The van der Waals surface area contributed by atoms with E-state index < -0.39 is 22.6 Å². The van der Waals surface area contributed by atoms with E-state index in [1.54, 1.807) is 34.9 Å². The number of rotatable bonds is 6. The fraction of sp³-hybridized carbons (Fsp3) is 0.364. The van der Waals surface area contributed by atoms with E-state index in [-0.39, 0.29) is 17.1 Å². The van der Waals surface area contributed by atoms with E-state index in [4.69, 9.17) is 4.74 Å². The average Bonchev–Trinajstić information content (AvgIpc) is 3.20. The van der Waals surface area contributed by atoms with Crippen molar-refractivity contribution in [2.75, 3.05) is 20.3 Å². The molecule has 0 saturated carbocycles. The monoisotopic (exact) mass is 458 g/mol. The second-order valence-electron chi connectivity index (χ2n) is 7.98. The quantitative estimate of drug-likeness (QED) is 0.610. The number of hydrogen-bond donors (Lipinski definition) is 1. The predicted molar refractivity (Wildman–Crippen MR) is 117 cm³/mol. The average molecular weight is 459 g/mol. The van der Waals surface area contributed by atoms with Crippen molar-refractivity contribution in [3.63, 3.8) is 0 Å². The van der Waals surface area contributed by atoms with E-state index in [9.17, 15) is 19.1 Å². The summed E-state index contributed by atoms with van der Waals surface area (Å²) in [5.41, 5.74) is -0.307. The SMILES string of the molecule is CCN1C(=O)c2c(O)c(=O)c(-c3nnc(Cc4ccc(F)cc4)s3)cn2C[C@@]1(C)COC. The molecule has 1 amide bonds. The van der Waals surface area contributed by atoms with E-state index in [2.05, 4.69) is 10.2 Å². The van der Waals surface area contributed by atoms with Gasteiger partial charge in [-0.15, -0.1) is 10.2 Å². The first kappa shape index (κ1) is 22.1. The molecule has 3 aromatic rings. The standard InChI is InChI=1S/C22H23FN4O4S/c1-4-27-21(30)17-19(29)18(28)15(10-26(17)11-22(27,2)12-31-3)20-25-24-16(32-20)9-13-5-7-14(23)8-6-13/h5-8,10,29H,4,9,11-12H2,1-3H3/t22-/m0/s1. The highest BCUT2D eigenvalue weighted by molar-refractivity contribution is 7.14. The molecule has 0 fully saturated rings. The third-order valence-electron chi connectivity index (χ3n) is 5.60. The maximum atomic E-state index is 13.1. The largest absolute Gasteiger partial charge is 0.503 e. The molecular weight excluding hydrogens is 435 g/mol. The molecule has 10 heteroatoms. The van der Waals surface area contributed by atoms with Gasteiger partial charge < -0.3 is 19.3 Å². The van der Waals surface area contributed by atoms with Crippen molar-refractivity contribution in [1.29, 1.82) is 0 Å². The van der Waals surface area contributed by atoms with Crippen LogP contribution in [0.2, 0.25) is 0 Å². The number of amides is 1. The van der Waals surface area contributed by atoms with Crippen molar-refractivity contribution in [2.24, 2.45) is 0 Å². The minimum atomic E-state index is -0.666. The van der Waals surface area contributed by atoms with Crippen molar-refractivity contribution < 1.29 is 19.0 Å². The third-order valence-corrected chi connectivity index (χ3v) is 6.56. The number of methoxy groups -OCH3 is 1. The molecule has 0 radical (unpaired) electrons. The first-order valence-corrected chi connectivity index (χ1v) is 10.9. The maximum absolute atomic E-state index is 13.1. The lowest BCUT2D eigenvalue weighted by Crippen LogP contribution is -2.59. The van der Waals surface area contributed by atoms with Crippen LogP contribution in [0.1, 0.15) is 34.9 Å². The first-order valence-electron chi connectivity index (χ1n) is 10.1. The molecule has 1 N–H and O–H groups in total. The predicted octanol–water partition coefficient (Wildman–Crippen LogP) is 2.68. The lowest BCUT2D eigenvalue weighted by Gasteiger charge is -2.45. The summed E-state index contributed by atoms with van der Waals surface area (Å²) in [6, 6.07) is 6.08. The molecule has 8 nitrogen and oxygen atoms in total. The molecule has 3 heterocycles. The Labute approximate surface area is 187 Å². The second kappa shape index (κ2) is 8.44. The van der Waals surface area contributed by atoms with Crippen LogP contribution < -0.4 is 5.43 Å². The van der Waals surface area contributed by atoms with Crippen LogP contribution in [-0.4, -0.2) is 56.5 Å². The maximum Gasteiger partial charge on any atom is 0.275 e. The van der Waals surface area contributed by atoms with Gasteiger partial charge in [-0.25, -0.2) is 4.39 Å². The fourth-order valence-corrected chi connectivity index (χ4v) is 5.03. The van der Waals surface area contributed by atoms with Crippen LogP contribution in [0, 0.1) is 5.82 Å². The number of fused-ring (bicyclic) bond motifs is 1. The molecule has 1 aliphatic rings. The summed E-state index contributed by atoms with van der Waals surface area (Å²) in [4.78, 5) is 27.6. The zero-order chi connectivity index (χ0) is 23.0. The highest BCUT2D eigenvalue weighted by Gasteiger charge is 2.42. The Bertz CT molecular complexity index is 1220. The summed E-state index contributed by atoms with van der Waals surface area (Å²) >= 11 is 1.21. The number of carbonyl (C=O) groups is 1. The number of ether oxygens (including phenoxy) is 1. The van der Waals surface area contributed by atoms with Gasteiger partial charge in [-0.05, 0) is 31.5 Å². The highest BCUT2D eigenvalue weighted by Crippen LogP contribution is 2.32. The van der Waals surface area contributed by atoms with Crippen LogP contribution in [-0.2, 0) is 17.7 Å². The summed E-state index contributed by atoms with van der Waals surface area (Å²) in [6.07, 6.45) is 1.99. The van der Waals surface area contributed by atoms with Crippen molar-refractivity contribution >= 4 is 17.2 Å². The number of hydrogen-bond acceptors (Lipinski definition) is 7. The Hall–Kier alpha value is -3.11. The van der Waals surface area contributed by atoms with E-state index >= 15 is 0 Å². The Morgan fingerprint density at radius 3 is 2.62 bits per heavy atom. The van der Waals surface area contributed by atoms with Crippen LogP contribution >= 0.6 is 11.3 Å². The first-order chi connectivity index (χ1) is 15.3. The van der Waals surface area contributed by atoms with Crippen molar-refractivity contribution in [2.45, 2.75) is 32.4 Å². The minimum Gasteiger partial charge on any atom is -0.503 e. The molecule has 32 heavy (non-hydrogen) atoms. The van der Waals surface area contributed by atoms with Crippen LogP contribution in [0.5, 0.6) is 5.75 Å². The Morgan fingerprint density at radius 1 is 1.25 bits per heavy atom. The number of aromatic hydroxyl groups is 1. The third kappa shape index (κ3) is 3.80. The van der Waals surface area contributed by atoms with E-state index in [0.717, 1.165) is 5.56 Å². The number of likely N-dealkylation sites (N-methyl/N-ethyl adjacent to an activating group) is 1. The molecule has 0 bridgehead atoms. The number of benzene rings is 1. The topological polar surface area (TPSA) is 97.5 Å². The van der Waals surface area contributed by atoms with Crippen molar-refractivity contribution in [1.82, 2.24) is 19.7 Å². The molecule has 1 aliphatic heterocycles. The number of aromatic nitrogens is 3. The summed E-state index contributed by atoms with van der Waals surface area (Å²) in [7, 11) is 1.57.